The van der Waals surface area contributed by atoms with Crippen LogP contribution in [0.3, 0.4) is 0 Å². The zero-order valence-electron chi connectivity index (χ0n) is 65.4. The number of aromatic hydroxyl groups is 1. The summed E-state index contributed by atoms with van der Waals surface area (Å²) >= 11 is 1.15. The van der Waals surface area contributed by atoms with Crippen molar-refractivity contribution in [2.45, 2.75) is 113 Å². The third-order valence-corrected chi connectivity index (χ3v) is 20.8. The van der Waals surface area contributed by atoms with E-state index in [1.54, 1.807) is 74.2 Å². The molecule has 3 aromatic carbocycles. The van der Waals surface area contributed by atoms with Crippen molar-refractivity contribution in [3.05, 3.63) is 106 Å². The van der Waals surface area contributed by atoms with Crippen LogP contribution in [0.2, 0.25) is 0 Å². The first-order valence-electron chi connectivity index (χ1n) is 38.7. The molecule has 3 saturated heterocycles. The maximum atomic E-state index is 14.6. The average Bonchev–Trinajstić information content (AvgIpc) is 1.23. The molecule has 4 aliphatic heterocycles. The molecule has 5 aliphatic rings. The number of phenolic OH excluding ortho intramolecular Hbond substituents is 1. The smallest absolute Gasteiger partial charge is 0.508 e. The molecular formula is C78H101EuN17O22S+3. The summed E-state index contributed by atoms with van der Waals surface area (Å²) in [6.45, 7) is -0.300. The fraction of sp³-hybridized carbons (Fsp3) is 0.474. The van der Waals surface area contributed by atoms with Crippen LogP contribution in [-0.2, 0) is 73.5 Å². The van der Waals surface area contributed by atoms with Gasteiger partial charge in [-0.25, -0.2) is 0 Å². The Morgan fingerprint density at radius 3 is 1.76 bits per heavy atom. The first-order valence-corrected chi connectivity index (χ1v) is 39.8. The molecule has 3 fully saturated rings. The van der Waals surface area contributed by atoms with Gasteiger partial charge < -0.3 is 88.9 Å². The second-order valence-corrected chi connectivity index (χ2v) is 30.0. The quantitative estimate of drug-likeness (QED) is 0.00721. The van der Waals surface area contributed by atoms with Crippen molar-refractivity contribution < 1.29 is 151 Å². The van der Waals surface area contributed by atoms with E-state index in [4.69, 9.17) is 15.6 Å². The van der Waals surface area contributed by atoms with Crippen LogP contribution >= 0.6 is 11.8 Å². The molecule has 18 N–H and O–H groups in total. The molecule has 0 spiro atoms. The molecule has 0 aromatic heterocycles. The van der Waals surface area contributed by atoms with Crippen molar-refractivity contribution in [2.24, 2.45) is 5.73 Å². The monoisotopic (exact) mass is 1810 g/mol. The molecule has 0 radical (unpaired) electrons. The number of likely N-dealkylation sites (tertiary alicyclic amines) is 1. The Balaban J connectivity index is 0.0000195. The largest absolute Gasteiger partial charge is 3.00 e. The van der Waals surface area contributed by atoms with Crippen molar-refractivity contribution in [1.82, 2.24) is 72.4 Å². The molecule has 11 amide bonds. The second-order valence-electron chi connectivity index (χ2n) is 28.7. The number of imide groups is 1. The van der Waals surface area contributed by atoms with Crippen molar-refractivity contribution in [2.75, 3.05) is 129 Å². The van der Waals surface area contributed by atoms with Gasteiger partial charge in [-0.15, -0.1) is 11.8 Å². The zero-order valence-corrected chi connectivity index (χ0v) is 68.6. The van der Waals surface area contributed by atoms with E-state index in [2.05, 4.69) is 53.2 Å². The Morgan fingerprint density at radius 2 is 1.13 bits per heavy atom. The number of phenols is 1. The van der Waals surface area contributed by atoms with Crippen LogP contribution in [0.25, 0.3) is 33.4 Å². The van der Waals surface area contributed by atoms with Gasteiger partial charge in [0.15, 0.2) is 11.4 Å². The summed E-state index contributed by atoms with van der Waals surface area (Å²) in [5, 5.41) is 82.5. The van der Waals surface area contributed by atoms with Gasteiger partial charge in [-0.05, 0) is 92.5 Å². The van der Waals surface area contributed by atoms with Crippen molar-refractivity contribution in [1.29, 1.82) is 5.41 Å². The number of hydrogen-bond acceptors (Lipinski definition) is 24. The maximum Gasteiger partial charge on any atom is 3.00 e. The van der Waals surface area contributed by atoms with Crippen LogP contribution in [0.15, 0.2) is 94.1 Å². The van der Waals surface area contributed by atoms with E-state index in [1.807, 2.05) is 0 Å². The number of aliphatic carboxylic acids is 4. The molecular weight excluding hydrogens is 1710 g/mol. The first-order chi connectivity index (χ1) is 56.4. The number of amides is 11. The van der Waals surface area contributed by atoms with E-state index < -0.39 is 125 Å². The van der Waals surface area contributed by atoms with Crippen LogP contribution in [0, 0.1) is 54.8 Å². The number of thioether (sulfide) groups is 1. The van der Waals surface area contributed by atoms with E-state index in [-0.39, 0.29) is 270 Å². The summed E-state index contributed by atoms with van der Waals surface area (Å²) in [5.41, 5.74) is 7.30. The molecule has 1 aliphatic carbocycles. The summed E-state index contributed by atoms with van der Waals surface area (Å²) in [7, 11) is 0. The first kappa shape index (κ1) is 95.6. The fourth-order valence-corrected chi connectivity index (χ4v) is 14.7. The summed E-state index contributed by atoms with van der Waals surface area (Å²) in [4.78, 5) is 218. The van der Waals surface area contributed by atoms with E-state index in [9.17, 15) is 102 Å². The number of carboxylic acids is 4. The number of rotatable bonds is 37. The van der Waals surface area contributed by atoms with Gasteiger partial charge in [0.25, 0.3) is 5.91 Å². The number of benzene rings is 4. The van der Waals surface area contributed by atoms with Gasteiger partial charge in [0, 0.05) is 156 Å². The Morgan fingerprint density at radius 1 is 0.546 bits per heavy atom. The standard InChI is InChI=1S/C78H101N17O22S.Eu/c79-78(80)84-23-9-13-55-73(112)85-42-64(100)87-58(40-67(103)104)76(115)90-57(36-47-10-3-1-4-11-47)75(114)89-56(74(113)88-55)12-6-7-22-81-62(98)21-35-118-61-41-66(102)95(77(61)116)26-8-2-5-14-63(99)86-48-15-18-51(71-52-19-16-49(96)38-59(52)117-60-39-50(97)17-20-53(60)71)54(37-48)72(111)83-25-24-82-65(101)43-91-27-29-92(44-68(105)106)31-33-94(46-70(109)110)34-32-93(30-28-91)45-69(107)108;/h1,3-4,10-11,15-20,37-39,55-58,61,96H,2,5-9,12-14,21-36,40-46H2,(H,81,98)(H,82,101)(H,83,111)(H,85,112)(H,86,99)(H,87,100)(H,88,113)(H,89,114)(H,90,115)(H,103,104)(H,105,106)(H,107,108)(H,109,110)(H4,79,80,84);/q;+3/t55-,56-,57-,58-,61?;/m0./s1. The number of carbonyl (C=O) groups is 15. The van der Waals surface area contributed by atoms with Gasteiger partial charge in [-0.1, -0.05) is 42.8 Å². The van der Waals surface area contributed by atoms with Crippen molar-refractivity contribution in [3.63, 3.8) is 0 Å². The molecule has 3 aromatic rings. The van der Waals surface area contributed by atoms with Gasteiger partial charge in [-0.2, -0.15) is 0 Å². The predicted octanol–water partition coefficient (Wildman–Crippen LogP) is -1.32. The normalized spacial score (nSPS) is 18.5. The predicted molar refractivity (Wildman–Crippen MR) is 429 cm³/mol. The van der Waals surface area contributed by atoms with Gasteiger partial charge in [0.05, 0.1) is 44.4 Å². The number of fused-ring (bicyclic) bond motifs is 2. The molecule has 1 unspecified atom stereocenters. The number of anilines is 1. The van der Waals surface area contributed by atoms with Crippen molar-refractivity contribution in [3.8, 4) is 28.2 Å². The van der Waals surface area contributed by atoms with E-state index >= 15 is 0 Å². The molecule has 5 atom stereocenters. The van der Waals surface area contributed by atoms with Crippen molar-refractivity contribution >= 4 is 123 Å². The summed E-state index contributed by atoms with van der Waals surface area (Å²) in [6, 6.07) is 16.0. The molecule has 39 nitrogen and oxygen atoms in total. The van der Waals surface area contributed by atoms with E-state index in [0.29, 0.717) is 46.9 Å². The number of nitrogens with zero attached hydrogens (tertiary/aromatic N) is 5. The van der Waals surface area contributed by atoms with Crippen LogP contribution in [0.5, 0.6) is 5.75 Å². The SMILES string of the molecule is N=C(N)NCCC[C@@H]1NC(=O)[C@H](CCCCNC(=O)CCSC2CC(=O)N(CCCCCC(=O)Nc3ccc(-c4c5ccc(=O)cc-5oc5cc(O)ccc45)c(C(=O)NCCNC(=O)CN4CCN(CC(=O)O)CCN(CC(=O)O)CCN(CC(=O)O)CC4)c3)C2=O)NC(=O)[C@H](Cc2ccccc2)NC(=O)[C@H](CC(=O)O)NC(=O)CNC1=O.[Eu+3]. The molecule has 8 rings (SSSR count). The molecule has 4 heterocycles. The Bertz CT molecular complexity index is 4470. The fourth-order valence-electron chi connectivity index (χ4n) is 13.6. The summed E-state index contributed by atoms with van der Waals surface area (Å²) in [6.07, 6.45) is 0.642. The summed E-state index contributed by atoms with van der Waals surface area (Å²) < 4.78 is 6.07. The van der Waals surface area contributed by atoms with E-state index in [1.165, 1.54) is 30.3 Å². The minimum Gasteiger partial charge on any atom is -0.508 e. The third-order valence-electron chi connectivity index (χ3n) is 19.6. The Kier molecular flexibility index (Phi) is 39.0. The van der Waals surface area contributed by atoms with Crippen LogP contribution in [-0.4, -0.2) is 298 Å². The molecule has 640 valence electrons. The molecule has 119 heavy (non-hydrogen) atoms. The van der Waals surface area contributed by atoms with Crippen LogP contribution < -0.4 is 64.3 Å². The zero-order chi connectivity index (χ0) is 85.4. The number of carbonyl (C=O) groups excluding carboxylic acids is 11. The number of unbranched alkanes of at least 4 members (excludes halogenated alkanes) is 3. The summed E-state index contributed by atoms with van der Waals surface area (Å²) in [5.74, 6) is -12.0. The number of carboxylic acid groups (broad SMARTS) is 4. The minimum atomic E-state index is -1.67. The topological polar surface area (TPSA) is 574 Å². The average molecular weight is 1810 g/mol. The van der Waals surface area contributed by atoms with Crippen LogP contribution in [0.4, 0.5) is 5.69 Å². The minimum absolute atomic E-state index is 0. The van der Waals surface area contributed by atoms with E-state index in [0.717, 1.165) is 16.7 Å². The van der Waals surface area contributed by atoms with Crippen LogP contribution in [0.1, 0.15) is 93.0 Å². The van der Waals surface area contributed by atoms with Gasteiger partial charge in [0.1, 0.15) is 41.3 Å². The number of guanidine groups is 1. The van der Waals surface area contributed by atoms with Gasteiger partial charge >= 0.3 is 73.3 Å². The third kappa shape index (κ3) is 31.9. The molecule has 41 heteroatoms. The Hall–Kier alpha value is -10.6. The van der Waals surface area contributed by atoms with Gasteiger partial charge in [0.2, 0.25) is 59.1 Å². The molecule has 0 bridgehead atoms. The van der Waals surface area contributed by atoms with Gasteiger partial charge in [-0.3, -0.25) is 107 Å². The number of nitrogens with one attached hydrogen (secondary N) is 11. The number of nitrogens with two attached hydrogens (primary N) is 1. The Labute approximate surface area is 728 Å². The number of hydrogen-bond donors (Lipinski definition) is 17. The maximum absolute atomic E-state index is 14.6. The molecule has 0 saturated carbocycles. The second kappa shape index (κ2) is 48.5.